The van der Waals surface area contributed by atoms with Gasteiger partial charge in [-0.25, -0.2) is 9.79 Å². The number of carbonyl (C=O) groups excluding carboxylic acids is 1. The number of aliphatic imine (C=N–C) groups is 1. The third-order valence-corrected chi connectivity index (χ3v) is 4.28. The highest BCUT2D eigenvalue weighted by molar-refractivity contribution is 6.03. The molecule has 5 nitrogen and oxygen atoms in total. The number of carbonyl (C=O) groups is 1. The van der Waals surface area contributed by atoms with E-state index >= 15 is 0 Å². The van der Waals surface area contributed by atoms with Gasteiger partial charge in [0.2, 0.25) is 0 Å². The van der Waals surface area contributed by atoms with Crippen molar-refractivity contribution in [2.24, 2.45) is 4.99 Å². The zero-order chi connectivity index (χ0) is 17.8. The van der Waals surface area contributed by atoms with E-state index in [9.17, 15) is 4.79 Å². The summed E-state index contributed by atoms with van der Waals surface area (Å²) in [4.78, 5) is 19.0. The highest BCUT2D eigenvalue weighted by atomic mass is 16.5. The van der Waals surface area contributed by atoms with E-state index in [4.69, 9.17) is 14.5 Å². The third kappa shape index (κ3) is 3.65. The van der Waals surface area contributed by atoms with E-state index in [-0.39, 0.29) is 5.97 Å². The second-order valence-corrected chi connectivity index (χ2v) is 5.99. The average molecular weight is 338 g/mol. The van der Waals surface area contributed by atoms with E-state index < -0.39 is 0 Å². The summed E-state index contributed by atoms with van der Waals surface area (Å²) in [5, 5.41) is 0. The molecule has 0 spiro atoms. The van der Waals surface area contributed by atoms with E-state index in [1.807, 2.05) is 49.4 Å². The molecule has 5 heteroatoms. The van der Waals surface area contributed by atoms with Crippen molar-refractivity contribution >= 4 is 23.2 Å². The fraction of sp³-hybridized carbons (Fsp3) is 0.300. The fourth-order valence-corrected chi connectivity index (χ4v) is 2.98. The second kappa shape index (κ2) is 7.38. The van der Waals surface area contributed by atoms with Crippen LogP contribution in [0, 0.1) is 6.92 Å². The van der Waals surface area contributed by atoms with Crippen LogP contribution in [0.5, 0.6) is 5.75 Å². The molecule has 1 saturated heterocycles. The van der Waals surface area contributed by atoms with Crippen LogP contribution in [-0.2, 0) is 4.74 Å². The van der Waals surface area contributed by atoms with Crippen molar-refractivity contribution in [3.05, 3.63) is 53.6 Å². The Morgan fingerprint density at radius 1 is 1.12 bits per heavy atom. The molecule has 25 heavy (non-hydrogen) atoms. The van der Waals surface area contributed by atoms with Crippen LogP contribution < -0.4 is 9.64 Å². The summed E-state index contributed by atoms with van der Waals surface area (Å²) in [5.41, 5.74) is 3.22. The van der Waals surface area contributed by atoms with Gasteiger partial charge in [0.05, 0.1) is 25.5 Å². The molecule has 1 fully saturated rings. The first kappa shape index (κ1) is 17.0. The predicted molar refractivity (Wildman–Crippen MR) is 99.2 cm³/mol. The molecule has 0 bridgehead atoms. The minimum absolute atomic E-state index is 0.364. The Bertz CT molecular complexity index is 797. The molecule has 0 unspecified atom stereocenters. The predicted octanol–water partition coefficient (Wildman–Crippen LogP) is 4.12. The zero-order valence-electron chi connectivity index (χ0n) is 14.8. The Labute approximate surface area is 147 Å². The number of methoxy groups -OCH3 is 2. The number of nitrogens with zero attached hydrogens (tertiary/aromatic N) is 2. The molecule has 2 aromatic carbocycles. The molecule has 130 valence electrons. The number of benzene rings is 2. The Balaban J connectivity index is 1.95. The molecule has 2 aromatic rings. The maximum Gasteiger partial charge on any atom is 0.340 e. The number of hydrogen-bond donors (Lipinski definition) is 0. The van der Waals surface area contributed by atoms with Crippen LogP contribution in [0.3, 0.4) is 0 Å². The number of aryl methyl sites for hydroxylation is 1. The standard InChI is InChI=1S/C20H22N2O3/c1-14-6-11-18(17(13-14)20(23)25-3)21-19-5-4-12-22(19)15-7-9-16(24-2)10-8-15/h6-11,13H,4-5,12H2,1-3H3/b21-19+. The van der Waals surface area contributed by atoms with Gasteiger partial charge in [0.1, 0.15) is 11.6 Å². The number of rotatable bonds is 4. The lowest BCUT2D eigenvalue weighted by molar-refractivity contribution is 0.0601. The lowest BCUT2D eigenvalue weighted by atomic mass is 10.1. The molecule has 3 rings (SSSR count). The molecule has 0 saturated carbocycles. The van der Waals surface area contributed by atoms with Gasteiger partial charge in [-0.05, 0) is 49.7 Å². The number of hydrogen-bond acceptors (Lipinski definition) is 4. The summed E-state index contributed by atoms with van der Waals surface area (Å²) in [5.74, 6) is 1.42. The first-order chi connectivity index (χ1) is 12.1. The minimum Gasteiger partial charge on any atom is -0.497 e. The van der Waals surface area contributed by atoms with E-state index in [1.54, 1.807) is 7.11 Å². The van der Waals surface area contributed by atoms with Gasteiger partial charge in [0, 0.05) is 18.7 Å². The highest BCUT2D eigenvalue weighted by Gasteiger charge is 2.21. The van der Waals surface area contributed by atoms with Gasteiger partial charge >= 0.3 is 5.97 Å². The molecular weight excluding hydrogens is 316 g/mol. The van der Waals surface area contributed by atoms with Crippen LogP contribution in [0.1, 0.15) is 28.8 Å². The van der Waals surface area contributed by atoms with E-state index in [0.29, 0.717) is 11.3 Å². The number of amidine groups is 1. The maximum absolute atomic E-state index is 12.1. The second-order valence-electron chi connectivity index (χ2n) is 5.99. The molecular formula is C20H22N2O3. The van der Waals surface area contributed by atoms with Crippen molar-refractivity contribution in [3.8, 4) is 5.75 Å². The fourth-order valence-electron chi connectivity index (χ4n) is 2.98. The smallest absolute Gasteiger partial charge is 0.340 e. The lowest BCUT2D eigenvalue weighted by Crippen LogP contribution is -2.24. The van der Waals surface area contributed by atoms with Gasteiger partial charge < -0.3 is 14.4 Å². The largest absolute Gasteiger partial charge is 0.497 e. The monoisotopic (exact) mass is 338 g/mol. The molecule has 0 atom stereocenters. The van der Waals surface area contributed by atoms with Crippen molar-refractivity contribution in [3.63, 3.8) is 0 Å². The summed E-state index contributed by atoms with van der Waals surface area (Å²) in [6, 6.07) is 13.6. The number of anilines is 1. The summed E-state index contributed by atoms with van der Waals surface area (Å²) in [6.45, 7) is 2.85. The summed E-state index contributed by atoms with van der Waals surface area (Å²) in [6.07, 6.45) is 1.91. The van der Waals surface area contributed by atoms with Crippen molar-refractivity contribution < 1.29 is 14.3 Å². The van der Waals surface area contributed by atoms with Gasteiger partial charge in [0.15, 0.2) is 0 Å². The quantitative estimate of drug-likeness (QED) is 0.787. The van der Waals surface area contributed by atoms with Crippen molar-refractivity contribution in [2.75, 3.05) is 25.7 Å². The minimum atomic E-state index is -0.364. The van der Waals surface area contributed by atoms with Gasteiger partial charge in [0.25, 0.3) is 0 Å². The van der Waals surface area contributed by atoms with Crippen LogP contribution in [0.25, 0.3) is 0 Å². The highest BCUT2D eigenvalue weighted by Crippen LogP contribution is 2.28. The topological polar surface area (TPSA) is 51.1 Å². The molecule has 0 amide bonds. The molecule has 0 aliphatic carbocycles. The summed E-state index contributed by atoms with van der Waals surface area (Å²) in [7, 11) is 3.05. The maximum atomic E-state index is 12.1. The van der Waals surface area contributed by atoms with Gasteiger partial charge in [-0.3, -0.25) is 0 Å². The molecule has 1 aliphatic heterocycles. The van der Waals surface area contributed by atoms with Gasteiger partial charge in [-0.15, -0.1) is 0 Å². The lowest BCUT2D eigenvalue weighted by Gasteiger charge is -2.19. The average Bonchev–Trinajstić information content (AvgIpc) is 3.10. The first-order valence-corrected chi connectivity index (χ1v) is 8.30. The number of esters is 1. The van der Waals surface area contributed by atoms with Crippen molar-refractivity contribution in [1.29, 1.82) is 0 Å². The van der Waals surface area contributed by atoms with Crippen LogP contribution in [0.15, 0.2) is 47.5 Å². The van der Waals surface area contributed by atoms with Crippen LogP contribution in [0.2, 0.25) is 0 Å². The SMILES string of the molecule is COC(=O)c1cc(C)ccc1/N=C1\CCCN1c1ccc(OC)cc1. The van der Waals surface area contributed by atoms with Crippen molar-refractivity contribution in [2.45, 2.75) is 19.8 Å². The summed E-state index contributed by atoms with van der Waals surface area (Å²) >= 11 is 0. The molecule has 1 heterocycles. The summed E-state index contributed by atoms with van der Waals surface area (Å²) < 4.78 is 10.1. The van der Waals surface area contributed by atoms with Crippen LogP contribution in [0.4, 0.5) is 11.4 Å². The third-order valence-electron chi connectivity index (χ3n) is 4.28. The van der Waals surface area contributed by atoms with Gasteiger partial charge in [-0.2, -0.15) is 0 Å². The molecule has 0 radical (unpaired) electrons. The first-order valence-electron chi connectivity index (χ1n) is 8.30. The van der Waals surface area contributed by atoms with E-state index in [1.165, 1.54) is 7.11 Å². The Kier molecular flexibility index (Phi) is 5.03. The zero-order valence-corrected chi connectivity index (χ0v) is 14.8. The Morgan fingerprint density at radius 2 is 1.88 bits per heavy atom. The molecule has 1 aliphatic rings. The number of ether oxygens (including phenoxy) is 2. The molecule has 0 aromatic heterocycles. The normalized spacial score (nSPS) is 15.5. The van der Waals surface area contributed by atoms with Crippen molar-refractivity contribution in [1.82, 2.24) is 0 Å². The van der Waals surface area contributed by atoms with Gasteiger partial charge in [-0.1, -0.05) is 11.6 Å². The van der Waals surface area contributed by atoms with E-state index in [2.05, 4.69) is 4.90 Å². The van der Waals surface area contributed by atoms with E-state index in [0.717, 1.165) is 42.2 Å². The Morgan fingerprint density at radius 3 is 2.56 bits per heavy atom. The van der Waals surface area contributed by atoms with Crippen LogP contribution in [-0.4, -0.2) is 32.6 Å². The molecule has 0 N–H and O–H groups in total. The Hall–Kier alpha value is -2.82. The van der Waals surface area contributed by atoms with Crippen LogP contribution >= 0.6 is 0 Å².